The molecule has 0 heterocycles. The minimum Gasteiger partial charge on any atom is -0.468 e. The summed E-state index contributed by atoms with van der Waals surface area (Å²) < 4.78 is 4.15. The molecule has 0 aromatic heterocycles. The zero-order chi connectivity index (χ0) is 8.53. The Morgan fingerprint density at radius 1 is 1.73 bits per heavy atom. The summed E-state index contributed by atoms with van der Waals surface area (Å²) in [6, 6.07) is 0. The molecule has 0 radical (unpaired) electrons. The van der Waals surface area contributed by atoms with Crippen LogP contribution in [0.5, 0.6) is 0 Å². The highest BCUT2D eigenvalue weighted by molar-refractivity contribution is 5.88. The van der Waals surface area contributed by atoms with Crippen molar-refractivity contribution in [3.63, 3.8) is 0 Å². The molecule has 0 amide bonds. The highest BCUT2D eigenvalue weighted by atomic mass is 16.5. The number of rotatable bonds is 2. The van der Waals surface area contributed by atoms with E-state index in [2.05, 4.69) is 9.89 Å². The van der Waals surface area contributed by atoms with Crippen LogP contribution in [0.15, 0.2) is 5.16 Å². The highest BCUT2D eigenvalue weighted by Gasteiger charge is 2.08. The Labute approximate surface area is 65.8 Å². The van der Waals surface area contributed by atoms with E-state index >= 15 is 0 Å². The van der Waals surface area contributed by atoms with Gasteiger partial charge in [0.2, 0.25) is 0 Å². The third kappa shape index (κ3) is 5.39. The molecule has 64 valence electrons. The van der Waals surface area contributed by atoms with E-state index in [1.807, 2.05) is 0 Å². The zero-order valence-electron chi connectivity index (χ0n) is 6.62. The third-order valence-corrected chi connectivity index (χ3v) is 1.31. The van der Waals surface area contributed by atoms with Gasteiger partial charge in [0.25, 0.3) is 6.47 Å². The second-order valence-electron chi connectivity index (χ2n) is 2.07. The Hall–Kier alpha value is -1.06. The number of ether oxygens (including phenoxy) is 1. The molecule has 11 heavy (non-hydrogen) atoms. The van der Waals surface area contributed by atoms with E-state index in [1.54, 1.807) is 6.92 Å². The van der Waals surface area contributed by atoms with Crippen LogP contribution in [0.3, 0.4) is 0 Å². The van der Waals surface area contributed by atoms with E-state index in [0.29, 0.717) is 13.1 Å². The number of carbonyl (C=O) groups excluding carboxylic acids is 1. The molecule has 0 atom stereocenters. The molecule has 1 aliphatic rings. The fourth-order valence-electron chi connectivity index (χ4n) is 0.503. The molecule has 0 unspecified atom stereocenters. The number of oxime groups is 1. The van der Waals surface area contributed by atoms with Gasteiger partial charge in [0.05, 0.1) is 12.3 Å². The summed E-state index contributed by atoms with van der Waals surface area (Å²) in [7, 11) is 0. The molecule has 0 bridgehead atoms. The van der Waals surface area contributed by atoms with Crippen molar-refractivity contribution in [1.82, 2.24) is 0 Å². The standard InChI is InChI=1S/C4H7NO.C3H6O2/c6-5-4-2-1-3-4;1-2-5-3-4/h6H,1-3H2;3H,2H2,1H3. The molecule has 1 N–H and O–H groups in total. The lowest BCUT2D eigenvalue weighted by molar-refractivity contribution is -0.128. The van der Waals surface area contributed by atoms with Crippen molar-refractivity contribution in [2.75, 3.05) is 6.61 Å². The fraction of sp³-hybridized carbons (Fsp3) is 0.714. The molecule has 0 spiro atoms. The van der Waals surface area contributed by atoms with E-state index in [1.165, 1.54) is 6.42 Å². The van der Waals surface area contributed by atoms with Crippen LogP contribution in [0.2, 0.25) is 0 Å². The maximum absolute atomic E-state index is 9.18. The van der Waals surface area contributed by atoms with Crippen LogP contribution in [0.1, 0.15) is 26.2 Å². The molecule has 1 fully saturated rings. The normalized spacial score (nSPS) is 13.7. The first-order valence-corrected chi connectivity index (χ1v) is 3.60. The molecule has 0 saturated heterocycles. The van der Waals surface area contributed by atoms with Gasteiger partial charge in [-0.2, -0.15) is 0 Å². The minimum absolute atomic E-state index is 0.431. The average molecular weight is 159 g/mol. The van der Waals surface area contributed by atoms with Gasteiger partial charge in [0, 0.05) is 0 Å². The van der Waals surface area contributed by atoms with Crippen molar-refractivity contribution in [2.24, 2.45) is 5.16 Å². The van der Waals surface area contributed by atoms with Gasteiger partial charge in [0.1, 0.15) is 0 Å². The molecule has 0 aromatic rings. The maximum Gasteiger partial charge on any atom is 0.293 e. The molecule has 1 aliphatic carbocycles. The Morgan fingerprint density at radius 3 is 2.36 bits per heavy atom. The lowest BCUT2D eigenvalue weighted by atomic mass is 9.98. The van der Waals surface area contributed by atoms with Crippen molar-refractivity contribution in [3.8, 4) is 0 Å². The molecule has 4 heteroatoms. The summed E-state index contributed by atoms with van der Waals surface area (Å²) in [5, 5.41) is 11.0. The first-order valence-electron chi connectivity index (χ1n) is 3.60. The Bertz CT molecular complexity index is 128. The van der Waals surface area contributed by atoms with E-state index in [4.69, 9.17) is 5.21 Å². The fourth-order valence-corrected chi connectivity index (χ4v) is 0.503. The summed E-state index contributed by atoms with van der Waals surface area (Å²) >= 11 is 0. The number of hydrogen-bond donors (Lipinski definition) is 1. The third-order valence-electron chi connectivity index (χ3n) is 1.31. The van der Waals surface area contributed by atoms with Crippen molar-refractivity contribution in [3.05, 3.63) is 0 Å². The number of carbonyl (C=O) groups is 1. The summed E-state index contributed by atoms with van der Waals surface area (Å²) in [6.07, 6.45) is 3.23. The van der Waals surface area contributed by atoms with Gasteiger partial charge in [-0.25, -0.2) is 0 Å². The largest absolute Gasteiger partial charge is 0.468 e. The molecule has 0 aliphatic heterocycles. The Balaban J connectivity index is 0.000000187. The van der Waals surface area contributed by atoms with Crippen LogP contribution in [-0.2, 0) is 9.53 Å². The van der Waals surface area contributed by atoms with Crippen molar-refractivity contribution in [2.45, 2.75) is 26.2 Å². The highest BCUT2D eigenvalue weighted by Crippen LogP contribution is 2.12. The molecule has 4 nitrogen and oxygen atoms in total. The van der Waals surface area contributed by atoms with Gasteiger partial charge < -0.3 is 9.94 Å². The van der Waals surface area contributed by atoms with Crippen LogP contribution in [0, 0.1) is 0 Å². The Morgan fingerprint density at radius 2 is 2.36 bits per heavy atom. The molecular weight excluding hydrogens is 146 g/mol. The van der Waals surface area contributed by atoms with Gasteiger partial charge in [-0.15, -0.1) is 0 Å². The van der Waals surface area contributed by atoms with E-state index < -0.39 is 0 Å². The molecule has 1 saturated carbocycles. The SMILES string of the molecule is CCOC=O.ON=C1CCC1. The van der Waals surface area contributed by atoms with Crippen molar-refractivity contribution >= 4 is 12.2 Å². The smallest absolute Gasteiger partial charge is 0.293 e. The topological polar surface area (TPSA) is 58.9 Å². The van der Waals surface area contributed by atoms with Crippen LogP contribution in [0.25, 0.3) is 0 Å². The lowest BCUT2D eigenvalue weighted by Gasteiger charge is -2.10. The first kappa shape index (κ1) is 9.94. The van der Waals surface area contributed by atoms with E-state index in [0.717, 1.165) is 18.6 Å². The molecule has 1 rings (SSSR count). The van der Waals surface area contributed by atoms with E-state index in [-0.39, 0.29) is 0 Å². The van der Waals surface area contributed by atoms with Crippen LogP contribution >= 0.6 is 0 Å². The van der Waals surface area contributed by atoms with Crippen LogP contribution < -0.4 is 0 Å². The predicted octanol–water partition coefficient (Wildman–Crippen LogP) is 1.18. The molecular formula is C7H13NO3. The van der Waals surface area contributed by atoms with Gasteiger partial charge in [-0.1, -0.05) is 5.16 Å². The van der Waals surface area contributed by atoms with Crippen LogP contribution in [-0.4, -0.2) is 24.0 Å². The number of hydrogen-bond acceptors (Lipinski definition) is 4. The van der Waals surface area contributed by atoms with Crippen molar-refractivity contribution in [1.29, 1.82) is 0 Å². The van der Waals surface area contributed by atoms with Crippen molar-refractivity contribution < 1.29 is 14.7 Å². The van der Waals surface area contributed by atoms with Crippen LogP contribution in [0.4, 0.5) is 0 Å². The monoisotopic (exact) mass is 159 g/mol. The average Bonchev–Trinajstić information content (AvgIpc) is 1.88. The summed E-state index contributed by atoms with van der Waals surface area (Å²) in [4.78, 5) is 9.18. The van der Waals surface area contributed by atoms with E-state index in [9.17, 15) is 4.79 Å². The number of nitrogens with zero attached hydrogens (tertiary/aromatic N) is 1. The second-order valence-corrected chi connectivity index (χ2v) is 2.07. The summed E-state index contributed by atoms with van der Waals surface area (Å²) in [6.45, 7) is 2.66. The quantitative estimate of drug-likeness (QED) is 0.374. The predicted molar refractivity (Wildman–Crippen MR) is 40.8 cm³/mol. The van der Waals surface area contributed by atoms with Gasteiger partial charge >= 0.3 is 0 Å². The maximum atomic E-state index is 9.18. The van der Waals surface area contributed by atoms with Gasteiger partial charge in [0.15, 0.2) is 0 Å². The lowest BCUT2D eigenvalue weighted by Crippen LogP contribution is -2.08. The minimum atomic E-state index is 0.431. The van der Waals surface area contributed by atoms with Gasteiger partial charge in [-0.05, 0) is 26.2 Å². The molecule has 0 aromatic carbocycles. The second kappa shape index (κ2) is 7.05. The zero-order valence-corrected chi connectivity index (χ0v) is 6.62. The summed E-state index contributed by atoms with van der Waals surface area (Å²) in [5.41, 5.74) is 0.954. The first-order chi connectivity index (χ1) is 5.35. The summed E-state index contributed by atoms with van der Waals surface area (Å²) in [5.74, 6) is 0. The van der Waals surface area contributed by atoms with Gasteiger partial charge in [-0.3, -0.25) is 4.79 Å². The Kier molecular flexibility index (Phi) is 6.37.